The second-order valence-electron chi connectivity index (χ2n) is 5.70. The molecule has 2 aromatic rings. The molecule has 0 bridgehead atoms. The van der Waals surface area contributed by atoms with Crippen LogP contribution >= 0.6 is 0 Å². The Hall–Kier alpha value is -2.43. The molecule has 5 nitrogen and oxygen atoms in total. The Morgan fingerprint density at radius 3 is 2.27 bits per heavy atom. The van der Waals surface area contributed by atoms with Crippen molar-refractivity contribution in [1.82, 2.24) is 9.97 Å². The number of esters is 1. The third kappa shape index (κ3) is 4.84. The molecule has 116 valence electrons. The minimum atomic E-state index is -0.214. The third-order valence-electron chi connectivity index (χ3n) is 2.90. The Kier molecular flexibility index (Phi) is 5.09. The maximum absolute atomic E-state index is 11.6. The molecule has 5 heteroatoms. The number of carbonyl (C=O) groups excluding carboxylic acids is 1. The van der Waals surface area contributed by atoms with E-state index in [4.69, 9.17) is 4.74 Å². The van der Waals surface area contributed by atoms with Crippen LogP contribution in [0, 0.1) is 19.8 Å². The molecule has 0 saturated heterocycles. The fraction of sp³-hybridized carbons (Fsp3) is 0.353. The van der Waals surface area contributed by atoms with Crippen molar-refractivity contribution in [2.75, 3.05) is 5.32 Å². The average Bonchev–Trinajstić information content (AvgIpc) is 2.39. The predicted octanol–water partition coefficient (Wildman–Crippen LogP) is 3.79. The van der Waals surface area contributed by atoms with Gasteiger partial charge in [0, 0.05) is 23.5 Å². The van der Waals surface area contributed by atoms with Gasteiger partial charge < -0.3 is 10.1 Å². The van der Waals surface area contributed by atoms with Crippen molar-refractivity contribution in [3.05, 3.63) is 41.7 Å². The molecule has 0 atom stereocenters. The quantitative estimate of drug-likeness (QED) is 0.672. The summed E-state index contributed by atoms with van der Waals surface area (Å²) in [5, 5.41) is 3.14. The number of aromatic nitrogens is 2. The molecule has 0 unspecified atom stereocenters. The highest BCUT2D eigenvalue weighted by Gasteiger charge is 2.07. The zero-order chi connectivity index (χ0) is 16.1. The van der Waals surface area contributed by atoms with Crippen molar-refractivity contribution < 1.29 is 9.53 Å². The summed E-state index contributed by atoms with van der Waals surface area (Å²) in [5.41, 5.74) is 2.66. The fourth-order valence-corrected chi connectivity index (χ4v) is 2.02. The van der Waals surface area contributed by atoms with Gasteiger partial charge in [-0.15, -0.1) is 0 Å². The summed E-state index contributed by atoms with van der Waals surface area (Å²) in [6.07, 6.45) is 0.413. The zero-order valence-electron chi connectivity index (χ0n) is 13.4. The van der Waals surface area contributed by atoms with Crippen LogP contribution in [0.25, 0.3) is 0 Å². The molecule has 1 N–H and O–H groups in total. The van der Waals surface area contributed by atoms with Crippen LogP contribution in [0.5, 0.6) is 5.75 Å². The first kappa shape index (κ1) is 15.9. The SMILES string of the molecule is Cc1cc(C)nc(Nc2ccc(OC(=O)CC(C)C)cc2)n1. The van der Waals surface area contributed by atoms with Gasteiger partial charge in [0.2, 0.25) is 5.95 Å². The molecule has 0 spiro atoms. The number of ether oxygens (including phenoxy) is 1. The van der Waals surface area contributed by atoms with Gasteiger partial charge in [-0.3, -0.25) is 4.79 Å². The van der Waals surface area contributed by atoms with Crippen LogP contribution in [0.4, 0.5) is 11.6 Å². The molecule has 1 aromatic carbocycles. The largest absolute Gasteiger partial charge is 0.427 e. The van der Waals surface area contributed by atoms with Gasteiger partial charge in [-0.1, -0.05) is 13.8 Å². The molecule has 22 heavy (non-hydrogen) atoms. The highest BCUT2D eigenvalue weighted by atomic mass is 16.5. The summed E-state index contributed by atoms with van der Waals surface area (Å²) < 4.78 is 5.27. The summed E-state index contributed by atoms with van der Waals surface area (Å²) in [6, 6.07) is 9.09. The smallest absolute Gasteiger partial charge is 0.311 e. The first-order valence-corrected chi connectivity index (χ1v) is 7.32. The molecule has 2 rings (SSSR count). The van der Waals surface area contributed by atoms with Crippen LogP contribution in [0.3, 0.4) is 0 Å². The maximum Gasteiger partial charge on any atom is 0.311 e. The number of nitrogens with zero attached hydrogens (tertiary/aromatic N) is 2. The Balaban J connectivity index is 2.01. The van der Waals surface area contributed by atoms with Crippen molar-refractivity contribution in [1.29, 1.82) is 0 Å². The maximum atomic E-state index is 11.6. The number of benzene rings is 1. The van der Waals surface area contributed by atoms with E-state index in [1.165, 1.54) is 0 Å². The van der Waals surface area contributed by atoms with Crippen LogP contribution in [-0.4, -0.2) is 15.9 Å². The average molecular weight is 299 g/mol. The number of nitrogens with one attached hydrogen (secondary N) is 1. The fourth-order valence-electron chi connectivity index (χ4n) is 2.02. The summed E-state index contributed by atoms with van der Waals surface area (Å²) in [7, 11) is 0. The van der Waals surface area contributed by atoms with E-state index in [0.29, 0.717) is 18.1 Å². The van der Waals surface area contributed by atoms with Crippen molar-refractivity contribution in [3.8, 4) is 5.75 Å². The van der Waals surface area contributed by atoms with Gasteiger partial charge >= 0.3 is 5.97 Å². The van der Waals surface area contributed by atoms with Gasteiger partial charge in [0.25, 0.3) is 0 Å². The minimum Gasteiger partial charge on any atom is -0.427 e. The summed E-state index contributed by atoms with van der Waals surface area (Å²) in [5.74, 6) is 1.17. The van der Waals surface area contributed by atoms with Gasteiger partial charge in [0.15, 0.2) is 0 Å². The lowest BCUT2D eigenvalue weighted by molar-refractivity contribution is -0.135. The zero-order valence-corrected chi connectivity index (χ0v) is 13.4. The number of hydrogen-bond donors (Lipinski definition) is 1. The summed E-state index contributed by atoms with van der Waals surface area (Å²) in [6.45, 7) is 7.82. The number of aryl methyl sites for hydroxylation is 2. The van der Waals surface area contributed by atoms with E-state index in [1.807, 2.05) is 45.9 Å². The minimum absolute atomic E-state index is 0.214. The normalized spacial score (nSPS) is 10.6. The van der Waals surface area contributed by atoms with Crippen LogP contribution in [0.2, 0.25) is 0 Å². The van der Waals surface area contributed by atoms with E-state index in [2.05, 4.69) is 15.3 Å². The molecular weight excluding hydrogens is 278 g/mol. The lowest BCUT2D eigenvalue weighted by Gasteiger charge is -2.09. The van der Waals surface area contributed by atoms with E-state index >= 15 is 0 Å². The Morgan fingerprint density at radius 2 is 1.73 bits per heavy atom. The lowest BCUT2D eigenvalue weighted by Crippen LogP contribution is -2.10. The van der Waals surface area contributed by atoms with Crippen molar-refractivity contribution >= 4 is 17.6 Å². The standard InChI is InChI=1S/C17H21N3O2/c1-11(2)9-16(21)22-15-7-5-14(6-8-15)20-17-18-12(3)10-13(4)19-17/h5-8,10-11H,9H2,1-4H3,(H,18,19,20). The topological polar surface area (TPSA) is 64.1 Å². The van der Waals surface area contributed by atoms with Crippen LogP contribution in [0.15, 0.2) is 30.3 Å². The van der Waals surface area contributed by atoms with Gasteiger partial charge in [0.05, 0.1) is 0 Å². The molecule has 0 saturated carbocycles. The van der Waals surface area contributed by atoms with Crippen LogP contribution in [-0.2, 0) is 4.79 Å². The summed E-state index contributed by atoms with van der Waals surface area (Å²) >= 11 is 0. The molecule has 0 aliphatic heterocycles. The predicted molar refractivity (Wildman–Crippen MR) is 86.3 cm³/mol. The van der Waals surface area contributed by atoms with Gasteiger partial charge in [0.1, 0.15) is 5.75 Å². The number of rotatable bonds is 5. The molecule has 0 fully saturated rings. The Bertz CT molecular complexity index is 631. The van der Waals surface area contributed by atoms with E-state index in [-0.39, 0.29) is 11.9 Å². The number of anilines is 2. The second-order valence-corrected chi connectivity index (χ2v) is 5.70. The highest BCUT2D eigenvalue weighted by molar-refractivity contribution is 5.72. The van der Waals surface area contributed by atoms with E-state index in [0.717, 1.165) is 17.1 Å². The van der Waals surface area contributed by atoms with Crippen LogP contribution < -0.4 is 10.1 Å². The number of hydrogen-bond acceptors (Lipinski definition) is 5. The molecule has 1 aromatic heterocycles. The first-order chi connectivity index (χ1) is 10.4. The van der Waals surface area contributed by atoms with Crippen molar-refractivity contribution in [2.24, 2.45) is 5.92 Å². The molecule has 0 aliphatic carbocycles. The van der Waals surface area contributed by atoms with Crippen LogP contribution in [0.1, 0.15) is 31.7 Å². The van der Waals surface area contributed by atoms with Gasteiger partial charge in [-0.25, -0.2) is 9.97 Å². The van der Waals surface area contributed by atoms with Crippen molar-refractivity contribution in [2.45, 2.75) is 34.1 Å². The first-order valence-electron chi connectivity index (χ1n) is 7.32. The molecule has 1 heterocycles. The molecule has 0 radical (unpaired) electrons. The monoisotopic (exact) mass is 299 g/mol. The van der Waals surface area contributed by atoms with E-state index < -0.39 is 0 Å². The van der Waals surface area contributed by atoms with Gasteiger partial charge in [-0.2, -0.15) is 0 Å². The molecule has 0 amide bonds. The van der Waals surface area contributed by atoms with Gasteiger partial charge in [-0.05, 0) is 50.1 Å². The highest BCUT2D eigenvalue weighted by Crippen LogP contribution is 2.19. The Morgan fingerprint density at radius 1 is 1.14 bits per heavy atom. The van der Waals surface area contributed by atoms with Crippen molar-refractivity contribution in [3.63, 3.8) is 0 Å². The van der Waals surface area contributed by atoms with E-state index in [1.54, 1.807) is 12.1 Å². The second kappa shape index (κ2) is 7.02. The molecule has 0 aliphatic rings. The Labute approximate surface area is 130 Å². The summed E-state index contributed by atoms with van der Waals surface area (Å²) in [4.78, 5) is 20.3. The van der Waals surface area contributed by atoms with E-state index in [9.17, 15) is 4.79 Å². The number of carbonyl (C=O) groups is 1. The lowest BCUT2D eigenvalue weighted by atomic mass is 10.1. The third-order valence-corrected chi connectivity index (χ3v) is 2.90. The molecular formula is C17H21N3O2.